The van der Waals surface area contributed by atoms with Gasteiger partial charge in [-0.15, -0.1) is 0 Å². The van der Waals surface area contributed by atoms with Crippen molar-refractivity contribution in [2.75, 3.05) is 0 Å². The molecule has 0 amide bonds. The van der Waals surface area contributed by atoms with Gasteiger partial charge in [-0.05, 0) is 27.2 Å². The molecule has 0 aromatic rings. The average Bonchev–Trinajstić information content (AvgIpc) is 2.15. The third-order valence-corrected chi connectivity index (χ3v) is 2.45. The van der Waals surface area contributed by atoms with Crippen LogP contribution < -0.4 is 0 Å². The van der Waals surface area contributed by atoms with Crippen molar-refractivity contribution < 1.29 is 13.9 Å². The van der Waals surface area contributed by atoms with E-state index >= 15 is 0 Å². The first-order chi connectivity index (χ1) is 7.18. The van der Waals surface area contributed by atoms with Crippen molar-refractivity contribution in [2.24, 2.45) is 16.1 Å². The molecule has 0 spiro atoms. The van der Waals surface area contributed by atoms with E-state index in [1.54, 1.807) is 20.8 Å². The van der Waals surface area contributed by atoms with E-state index in [1.807, 2.05) is 0 Å². The van der Waals surface area contributed by atoms with Crippen molar-refractivity contribution in [3.05, 3.63) is 0 Å². The van der Waals surface area contributed by atoms with Gasteiger partial charge in [-0.1, -0.05) is 13.8 Å². The Hall–Kier alpha value is -0.840. The topological polar surface area (TPSA) is 45.0 Å². The molecule has 94 valence electrons. The molecule has 1 atom stereocenters. The lowest BCUT2D eigenvalue weighted by molar-refractivity contribution is -0.115. The first-order valence-electron chi connectivity index (χ1n) is 5.34. The van der Waals surface area contributed by atoms with Crippen LogP contribution in [0.15, 0.2) is 10.2 Å². The van der Waals surface area contributed by atoms with Gasteiger partial charge in [0.1, 0.15) is 11.3 Å². The maximum absolute atomic E-state index is 13.9. The molecule has 0 aliphatic carbocycles. The van der Waals surface area contributed by atoms with Crippen molar-refractivity contribution in [2.45, 2.75) is 52.6 Å². The highest BCUT2D eigenvalue weighted by molar-refractivity contribution is 5.94. The molecule has 0 saturated carbocycles. The fourth-order valence-electron chi connectivity index (χ4n) is 1.10. The first kappa shape index (κ1) is 15.2. The van der Waals surface area contributed by atoms with E-state index in [4.69, 9.17) is 0 Å². The Kier molecular flexibility index (Phi) is 5.19. The highest BCUT2D eigenvalue weighted by atomic mass is 19.3. The Morgan fingerprint density at radius 3 is 2.25 bits per heavy atom. The van der Waals surface area contributed by atoms with E-state index in [0.717, 1.165) is 13.8 Å². The van der Waals surface area contributed by atoms with Crippen LogP contribution in [0.25, 0.3) is 0 Å². The normalized spacial score (nSPS) is 16.9. The van der Waals surface area contributed by atoms with Crippen molar-refractivity contribution >= 4 is 11.9 Å². The Labute approximate surface area is 95.3 Å². The smallest absolute Gasteiger partial charge is 0.315 e. The minimum Gasteiger partial charge on any atom is -0.384 e. The summed E-state index contributed by atoms with van der Waals surface area (Å²) in [5.41, 5.74) is -2.51. The molecule has 0 radical (unpaired) electrons. The molecule has 0 aliphatic heterocycles. The van der Waals surface area contributed by atoms with Gasteiger partial charge in [0, 0.05) is 12.1 Å². The summed E-state index contributed by atoms with van der Waals surface area (Å²) in [5.74, 6) is -3.81. The molecule has 0 fully saturated rings. The summed E-state index contributed by atoms with van der Waals surface area (Å²) in [6.45, 7) is 7.17. The molecule has 0 bridgehead atoms. The molecule has 0 aromatic heterocycles. The summed E-state index contributed by atoms with van der Waals surface area (Å²) in [4.78, 5) is 0. The molecule has 1 unspecified atom stereocenters. The second kappa shape index (κ2) is 5.48. The fraction of sp³-hybridized carbons (Fsp3) is 0.818. The van der Waals surface area contributed by atoms with E-state index in [2.05, 4.69) is 10.2 Å². The molecular formula is C11H20F2N2O. The van der Waals surface area contributed by atoms with Crippen LogP contribution in [0.2, 0.25) is 0 Å². The SMILES string of the molecule is C/C=N/N=C(/C(C)CC)C(F)(F)C(C)(C)O. The molecule has 0 aromatic carbocycles. The van der Waals surface area contributed by atoms with Gasteiger partial charge in [-0.3, -0.25) is 0 Å². The zero-order valence-electron chi connectivity index (χ0n) is 10.5. The van der Waals surface area contributed by atoms with E-state index in [0.29, 0.717) is 6.42 Å². The molecule has 0 saturated heterocycles. The number of alkyl halides is 2. The lowest BCUT2D eigenvalue weighted by Crippen LogP contribution is -2.51. The van der Waals surface area contributed by atoms with Crippen molar-refractivity contribution in [3.8, 4) is 0 Å². The van der Waals surface area contributed by atoms with E-state index in [1.165, 1.54) is 6.21 Å². The summed E-state index contributed by atoms with van der Waals surface area (Å²) in [7, 11) is 0. The molecule has 0 rings (SSSR count). The Bertz CT molecular complexity index is 280. The Morgan fingerprint density at radius 2 is 1.94 bits per heavy atom. The molecule has 1 N–H and O–H groups in total. The summed E-state index contributed by atoms with van der Waals surface area (Å²) < 4.78 is 27.8. The number of hydrogen-bond acceptors (Lipinski definition) is 3. The quantitative estimate of drug-likeness (QED) is 0.577. The highest BCUT2D eigenvalue weighted by Crippen LogP contribution is 2.33. The third-order valence-electron chi connectivity index (χ3n) is 2.45. The van der Waals surface area contributed by atoms with Gasteiger partial charge in [-0.2, -0.15) is 19.0 Å². The monoisotopic (exact) mass is 234 g/mol. The van der Waals surface area contributed by atoms with Crippen molar-refractivity contribution in [1.29, 1.82) is 0 Å². The molecule has 3 nitrogen and oxygen atoms in total. The maximum Gasteiger partial charge on any atom is 0.315 e. The number of nitrogens with zero attached hydrogens (tertiary/aromatic N) is 2. The number of halogens is 2. The van der Waals surface area contributed by atoms with Crippen LogP contribution in [-0.2, 0) is 0 Å². The van der Waals surface area contributed by atoms with E-state index in [-0.39, 0.29) is 5.71 Å². The second-order valence-electron chi connectivity index (χ2n) is 4.30. The lowest BCUT2D eigenvalue weighted by atomic mass is 9.88. The van der Waals surface area contributed by atoms with Crippen LogP contribution in [0.4, 0.5) is 8.78 Å². The average molecular weight is 234 g/mol. The number of rotatable bonds is 5. The summed E-state index contributed by atoms with van der Waals surface area (Å²) in [6.07, 6.45) is 1.85. The largest absolute Gasteiger partial charge is 0.384 e. The lowest BCUT2D eigenvalue weighted by Gasteiger charge is -2.31. The molecule has 0 heterocycles. The molecule has 5 heteroatoms. The third kappa shape index (κ3) is 3.33. The number of hydrogen-bond donors (Lipinski definition) is 1. The predicted molar refractivity (Wildman–Crippen MR) is 62.3 cm³/mol. The first-order valence-corrected chi connectivity index (χ1v) is 5.34. The van der Waals surface area contributed by atoms with Crippen LogP contribution in [0, 0.1) is 5.92 Å². The van der Waals surface area contributed by atoms with Gasteiger partial charge >= 0.3 is 5.92 Å². The summed E-state index contributed by atoms with van der Waals surface area (Å²) in [5, 5.41) is 16.5. The molecule has 16 heavy (non-hydrogen) atoms. The van der Waals surface area contributed by atoms with Gasteiger partial charge in [-0.25, -0.2) is 0 Å². The van der Waals surface area contributed by atoms with Crippen LogP contribution >= 0.6 is 0 Å². The Morgan fingerprint density at radius 1 is 1.44 bits per heavy atom. The molecule has 0 aliphatic rings. The zero-order chi connectivity index (χ0) is 13.0. The van der Waals surface area contributed by atoms with E-state index < -0.39 is 17.4 Å². The van der Waals surface area contributed by atoms with Gasteiger partial charge < -0.3 is 5.11 Å². The summed E-state index contributed by atoms with van der Waals surface area (Å²) in [6, 6.07) is 0. The minimum atomic E-state index is -3.38. The maximum atomic E-state index is 13.9. The van der Waals surface area contributed by atoms with Crippen LogP contribution in [0.5, 0.6) is 0 Å². The van der Waals surface area contributed by atoms with Crippen molar-refractivity contribution in [1.82, 2.24) is 0 Å². The van der Waals surface area contributed by atoms with Crippen LogP contribution in [0.1, 0.15) is 41.0 Å². The van der Waals surface area contributed by atoms with Crippen molar-refractivity contribution in [3.63, 3.8) is 0 Å². The van der Waals surface area contributed by atoms with Gasteiger partial charge in [0.2, 0.25) is 0 Å². The highest BCUT2D eigenvalue weighted by Gasteiger charge is 2.51. The van der Waals surface area contributed by atoms with Gasteiger partial charge in [0.25, 0.3) is 0 Å². The molecular weight excluding hydrogens is 214 g/mol. The fourth-order valence-corrected chi connectivity index (χ4v) is 1.10. The second-order valence-corrected chi connectivity index (χ2v) is 4.30. The zero-order valence-corrected chi connectivity index (χ0v) is 10.5. The summed E-state index contributed by atoms with van der Waals surface area (Å²) >= 11 is 0. The standard InChI is InChI=1S/C11H20F2N2O/c1-6-8(3)9(15-14-7-2)11(12,13)10(4,5)16/h7-8,16H,6H2,1-5H3/b14-7+,15-9-. The minimum absolute atomic E-state index is 0.374. The van der Waals surface area contributed by atoms with E-state index in [9.17, 15) is 13.9 Å². The Balaban J connectivity index is 5.35. The number of aliphatic hydroxyl groups is 1. The van der Waals surface area contributed by atoms with Gasteiger partial charge in [0.05, 0.1) is 0 Å². The van der Waals surface area contributed by atoms with Crippen LogP contribution in [-0.4, -0.2) is 28.6 Å². The van der Waals surface area contributed by atoms with Crippen LogP contribution in [0.3, 0.4) is 0 Å². The van der Waals surface area contributed by atoms with Gasteiger partial charge in [0.15, 0.2) is 0 Å². The predicted octanol–water partition coefficient (Wildman–Crippen LogP) is 2.89.